The topological polar surface area (TPSA) is 66.0 Å². The first-order valence-corrected chi connectivity index (χ1v) is 10.1. The lowest BCUT2D eigenvalue weighted by atomic mass is 10.1. The molecule has 9 heteroatoms. The third-order valence-corrected chi connectivity index (χ3v) is 5.10. The number of guanidine groups is 1. The number of hydrogen-bond acceptors (Lipinski definition) is 3. The highest BCUT2D eigenvalue weighted by atomic mass is 127. The Balaban J connectivity index is 0.00000392. The van der Waals surface area contributed by atoms with E-state index >= 15 is 0 Å². The van der Waals surface area contributed by atoms with Crippen molar-refractivity contribution in [1.29, 1.82) is 0 Å². The minimum atomic E-state index is -0.223. The zero-order chi connectivity index (χ0) is 19.6. The van der Waals surface area contributed by atoms with Gasteiger partial charge in [0, 0.05) is 42.8 Å². The van der Waals surface area contributed by atoms with Gasteiger partial charge in [0.1, 0.15) is 0 Å². The third-order valence-electron chi connectivity index (χ3n) is 4.52. The monoisotopic (exact) mass is 542 g/mol. The van der Waals surface area contributed by atoms with Crippen molar-refractivity contribution in [2.45, 2.75) is 38.6 Å². The molecule has 0 radical (unpaired) electrons. The van der Waals surface area contributed by atoms with Crippen LogP contribution in [0.4, 0.5) is 4.79 Å². The summed E-state index contributed by atoms with van der Waals surface area (Å²) >= 11 is 12.1. The molecule has 2 N–H and O–H groups in total. The van der Waals surface area contributed by atoms with Gasteiger partial charge >= 0.3 is 6.09 Å². The zero-order valence-electron chi connectivity index (χ0n) is 16.3. The predicted octanol–water partition coefficient (Wildman–Crippen LogP) is 4.33. The maximum atomic E-state index is 11.7. The minimum Gasteiger partial charge on any atom is -0.450 e. The molecule has 0 aliphatic carbocycles. The summed E-state index contributed by atoms with van der Waals surface area (Å²) in [5.41, 5.74) is 1.09. The summed E-state index contributed by atoms with van der Waals surface area (Å²) in [6, 6.07) is 5.90. The molecule has 0 unspecified atom stereocenters. The van der Waals surface area contributed by atoms with Crippen molar-refractivity contribution in [3.8, 4) is 0 Å². The Morgan fingerprint density at radius 3 is 2.64 bits per heavy atom. The highest BCUT2D eigenvalue weighted by Gasteiger charge is 2.23. The van der Waals surface area contributed by atoms with E-state index in [0.29, 0.717) is 35.8 Å². The molecule has 1 aromatic rings. The molecule has 0 bridgehead atoms. The molecule has 2 rings (SSSR count). The first-order chi connectivity index (χ1) is 13.0. The molecule has 28 heavy (non-hydrogen) atoms. The fourth-order valence-electron chi connectivity index (χ4n) is 3.02. The van der Waals surface area contributed by atoms with Gasteiger partial charge < -0.3 is 20.3 Å². The lowest BCUT2D eigenvalue weighted by molar-refractivity contribution is 0.0963. The van der Waals surface area contributed by atoms with Crippen LogP contribution in [0.2, 0.25) is 10.0 Å². The van der Waals surface area contributed by atoms with Crippen molar-refractivity contribution in [1.82, 2.24) is 15.5 Å². The quantitative estimate of drug-likeness (QED) is 0.243. The third kappa shape index (κ3) is 8.21. The van der Waals surface area contributed by atoms with Crippen molar-refractivity contribution in [3.05, 3.63) is 33.8 Å². The molecule has 0 spiro atoms. The summed E-state index contributed by atoms with van der Waals surface area (Å²) in [4.78, 5) is 17.8. The molecule has 1 heterocycles. The van der Waals surface area contributed by atoms with Crippen LogP contribution in [0, 0.1) is 0 Å². The predicted molar refractivity (Wildman–Crippen MR) is 126 cm³/mol. The van der Waals surface area contributed by atoms with Gasteiger partial charge in [0.15, 0.2) is 5.96 Å². The second kappa shape index (κ2) is 13.3. The van der Waals surface area contributed by atoms with Crippen LogP contribution in [0.25, 0.3) is 0 Å². The van der Waals surface area contributed by atoms with Gasteiger partial charge in [-0.1, -0.05) is 29.3 Å². The maximum Gasteiger partial charge on any atom is 0.409 e. The van der Waals surface area contributed by atoms with Crippen molar-refractivity contribution in [3.63, 3.8) is 0 Å². The second-order valence-corrected chi connectivity index (χ2v) is 7.29. The second-order valence-electron chi connectivity index (χ2n) is 6.44. The van der Waals surface area contributed by atoms with E-state index in [2.05, 4.69) is 15.6 Å². The molecule has 1 saturated heterocycles. The largest absolute Gasteiger partial charge is 0.450 e. The number of hydrogen-bond donors (Lipinski definition) is 2. The van der Waals surface area contributed by atoms with Crippen molar-refractivity contribution < 1.29 is 9.53 Å². The number of halogens is 3. The molecule has 0 atom stereocenters. The van der Waals surface area contributed by atoms with Gasteiger partial charge in [-0.2, -0.15) is 0 Å². The fourth-order valence-corrected chi connectivity index (χ4v) is 3.52. The Bertz CT molecular complexity index is 653. The number of rotatable bonds is 6. The number of carbonyl (C=O) groups is 1. The Morgan fingerprint density at radius 1 is 1.32 bits per heavy atom. The number of aryl methyl sites for hydroxylation is 1. The first-order valence-electron chi connectivity index (χ1n) is 9.36. The Morgan fingerprint density at radius 2 is 2.04 bits per heavy atom. The summed E-state index contributed by atoms with van der Waals surface area (Å²) in [5, 5.41) is 8.13. The first kappa shape index (κ1) is 25.1. The van der Waals surface area contributed by atoms with Crippen LogP contribution in [-0.2, 0) is 11.2 Å². The minimum absolute atomic E-state index is 0. The van der Waals surface area contributed by atoms with Gasteiger partial charge in [-0.15, -0.1) is 24.0 Å². The van der Waals surface area contributed by atoms with E-state index in [0.717, 1.165) is 43.8 Å². The summed E-state index contributed by atoms with van der Waals surface area (Å²) in [6.45, 7) is 4.42. The molecular weight excluding hydrogens is 514 g/mol. The van der Waals surface area contributed by atoms with Crippen LogP contribution in [0.15, 0.2) is 23.2 Å². The smallest absolute Gasteiger partial charge is 0.409 e. The maximum absolute atomic E-state index is 11.7. The average molecular weight is 543 g/mol. The van der Waals surface area contributed by atoms with E-state index in [1.54, 1.807) is 18.0 Å². The van der Waals surface area contributed by atoms with Crippen LogP contribution in [0.1, 0.15) is 31.7 Å². The summed E-state index contributed by atoms with van der Waals surface area (Å²) in [5.74, 6) is 0.784. The molecule has 1 aliphatic rings. The number of amides is 1. The molecular formula is C19H29Cl2IN4O2. The number of ether oxygens (including phenoxy) is 1. The summed E-state index contributed by atoms with van der Waals surface area (Å²) in [6.07, 6.45) is 3.33. The lowest BCUT2D eigenvalue weighted by Gasteiger charge is -2.32. The van der Waals surface area contributed by atoms with E-state index in [-0.39, 0.29) is 30.1 Å². The lowest BCUT2D eigenvalue weighted by Crippen LogP contribution is -2.50. The van der Waals surface area contributed by atoms with E-state index in [4.69, 9.17) is 27.9 Å². The molecule has 0 aromatic heterocycles. The van der Waals surface area contributed by atoms with E-state index in [1.807, 2.05) is 19.1 Å². The number of benzene rings is 1. The van der Waals surface area contributed by atoms with Gasteiger partial charge in [-0.3, -0.25) is 4.99 Å². The molecule has 1 amide bonds. The normalized spacial score (nSPS) is 15.0. The Hall–Kier alpha value is -0.930. The number of likely N-dealkylation sites (tertiary alicyclic amines) is 1. The number of aliphatic imine (C=N–C) groups is 1. The van der Waals surface area contributed by atoms with Gasteiger partial charge in [-0.25, -0.2) is 4.79 Å². The van der Waals surface area contributed by atoms with Gasteiger partial charge in [-0.05, 0) is 50.3 Å². The zero-order valence-corrected chi connectivity index (χ0v) is 20.2. The van der Waals surface area contributed by atoms with Crippen LogP contribution >= 0.6 is 47.2 Å². The SMILES string of the molecule is CCOC(=O)N1CCC(NC(=NC)NCCCc2ccc(Cl)cc2Cl)CC1.I. The molecule has 158 valence electrons. The van der Waals surface area contributed by atoms with Crippen molar-refractivity contribution in [2.24, 2.45) is 4.99 Å². The highest BCUT2D eigenvalue weighted by molar-refractivity contribution is 14.0. The van der Waals surface area contributed by atoms with Crippen molar-refractivity contribution >= 4 is 59.2 Å². The Kier molecular flexibility index (Phi) is 11.9. The molecule has 1 aliphatic heterocycles. The van der Waals surface area contributed by atoms with Crippen LogP contribution in [-0.4, -0.2) is 56.3 Å². The number of nitrogens with one attached hydrogen (secondary N) is 2. The van der Waals surface area contributed by atoms with Crippen LogP contribution < -0.4 is 10.6 Å². The number of nitrogens with zero attached hydrogens (tertiary/aromatic N) is 2. The Labute approximate surface area is 194 Å². The fraction of sp³-hybridized carbons (Fsp3) is 0.579. The van der Waals surface area contributed by atoms with Crippen LogP contribution in [0.3, 0.4) is 0 Å². The van der Waals surface area contributed by atoms with Gasteiger partial charge in [0.25, 0.3) is 0 Å². The van der Waals surface area contributed by atoms with Crippen LogP contribution in [0.5, 0.6) is 0 Å². The van der Waals surface area contributed by atoms with E-state index in [9.17, 15) is 4.79 Å². The molecule has 6 nitrogen and oxygen atoms in total. The van der Waals surface area contributed by atoms with E-state index in [1.165, 1.54) is 0 Å². The highest BCUT2D eigenvalue weighted by Crippen LogP contribution is 2.21. The van der Waals surface area contributed by atoms with Gasteiger partial charge in [0.2, 0.25) is 0 Å². The number of piperidine rings is 1. The van der Waals surface area contributed by atoms with Gasteiger partial charge in [0.05, 0.1) is 6.61 Å². The van der Waals surface area contributed by atoms with E-state index < -0.39 is 0 Å². The summed E-state index contributed by atoms with van der Waals surface area (Å²) in [7, 11) is 1.76. The average Bonchev–Trinajstić information content (AvgIpc) is 2.66. The number of carbonyl (C=O) groups excluding carboxylic acids is 1. The van der Waals surface area contributed by atoms with Crippen molar-refractivity contribution in [2.75, 3.05) is 33.3 Å². The standard InChI is InChI=1S/C19H28Cl2N4O2.HI/c1-3-27-19(26)25-11-8-16(9-12-25)24-18(22-2)23-10-4-5-14-6-7-15(20)13-17(14)21;/h6-7,13,16H,3-5,8-12H2,1-2H3,(H2,22,23,24);1H. The molecule has 0 saturated carbocycles. The molecule has 1 aromatic carbocycles. The molecule has 1 fully saturated rings. The summed E-state index contributed by atoms with van der Waals surface area (Å²) < 4.78 is 5.05.